The van der Waals surface area contributed by atoms with E-state index < -0.39 is 0 Å². The van der Waals surface area contributed by atoms with Crippen molar-refractivity contribution in [2.24, 2.45) is 0 Å². The Morgan fingerprint density at radius 1 is 1.47 bits per heavy atom. The number of amides is 1. The molecule has 1 atom stereocenters. The van der Waals surface area contributed by atoms with E-state index in [2.05, 4.69) is 27.3 Å². The van der Waals surface area contributed by atoms with Gasteiger partial charge < -0.3 is 10.1 Å². The summed E-state index contributed by atoms with van der Waals surface area (Å²) >= 11 is 3.45. The van der Waals surface area contributed by atoms with E-state index in [9.17, 15) is 4.79 Å². The molecule has 1 aliphatic heterocycles. The van der Waals surface area contributed by atoms with Gasteiger partial charge in [0.1, 0.15) is 12.7 Å². The first-order valence-electron chi connectivity index (χ1n) is 4.80. The highest BCUT2D eigenvalue weighted by Crippen LogP contribution is 2.24. The summed E-state index contributed by atoms with van der Waals surface area (Å²) in [5.74, 6) is -0.0435. The summed E-state index contributed by atoms with van der Waals surface area (Å²) in [4.78, 5) is 10.9. The van der Waals surface area contributed by atoms with E-state index in [0.717, 1.165) is 10.0 Å². The number of carbonyl (C=O) groups is 1. The number of nitrogens with one attached hydrogen (secondary N) is 1. The number of aryl methyl sites for hydroxylation is 1. The summed E-state index contributed by atoms with van der Waals surface area (Å²) in [6.45, 7) is 2.74. The monoisotopic (exact) mass is 269 g/mol. The predicted octanol–water partition coefficient (Wildman–Crippen LogP) is 1.95. The molecule has 1 N–H and O–H groups in total. The summed E-state index contributed by atoms with van der Waals surface area (Å²) in [5.41, 5.74) is 2.28. The van der Waals surface area contributed by atoms with Gasteiger partial charge in [0.2, 0.25) is 5.91 Å². The molecule has 1 amide bonds. The van der Waals surface area contributed by atoms with E-state index in [1.807, 2.05) is 19.1 Å². The summed E-state index contributed by atoms with van der Waals surface area (Å²) in [7, 11) is 0. The topological polar surface area (TPSA) is 38.3 Å². The van der Waals surface area contributed by atoms with Gasteiger partial charge >= 0.3 is 0 Å². The van der Waals surface area contributed by atoms with Gasteiger partial charge in [0.05, 0.1) is 0 Å². The van der Waals surface area contributed by atoms with Crippen LogP contribution >= 0.6 is 15.9 Å². The second-order valence-electron chi connectivity index (χ2n) is 3.67. The first kappa shape index (κ1) is 10.6. The van der Waals surface area contributed by atoms with Crippen molar-refractivity contribution in [3.63, 3.8) is 0 Å². The summed E-state index contributed by atoms with van der Waals surface area (Å²) in [5, 5.41) is 2.79. The van der Waals surface area contributed by atoms with Crippen molar-refractivity contribution in [1.82, 2.24) is 5.32 Å². The molecule has 1 aromatic rings. The van der Waals surface area contributed by atoms with E-state index in [1.165, 1.54) is 5.56 Å². The quantitative estimate of drug-likeness (QED) is 0.847. The van der Waals surface area contributed by atoms with Crippen molar-refractivity contribution >= 4 is 21.8 Å². The number of halogens is 1. The fourth-order valence-corrected chi connectivity index (χ4v) is 2.28. The number of hydrogen-bond acceptors (Lipinski definition) is 2. The van der Waals surface area contributed by atoms with Gasteiger partial charge in [-0.05, 0) is 30.2 Å². The Bertz CT molecular complexity index is 362. The smallest absolute Gasteiger partial charge is 0.246 e. The Morgan fingerprint density at radius 2 is 2.27 bits per heavy atom. The molecule has 0 radical (unpaired) electrons. The minimum absolute atomic E-state index is 0.0288. The molecule has 1 fully saturated rings. The van der Waals surface area contributed by atoms with Crippen molar-refractivity contribution in [3.05, 3.63) is 33.8 Å². The molecule has 15 heavy (non-hydrogen) atoms. The van der Waals surface area contributed by atoms with E-state index in [-0.39, 0.29) is 18.6 Å². The fraction of sp³-hybridized carbons (Fsp3) is 0.364. The lowest BCUT2D eigenvalue weighted by atomic mass is 10.1. The highest BCUT2D eigenvalue weighted by atomic mass is 79.9. The molecule has 1 heterocycles. The zero-order valence-corrected chi connectivity index (χ0v) is 10.0. The van der Waals surface area contributed by atoms with Crippen molar-refractivity contribution in [3.8, 4) is 0 Å². The maximum Gasteiger partial charge on any atom is 0.246 e. The summed E-state index contributed by atoms with van der Waals surface area (Å²) < 4.78 is 6.49. The van der Waals surface area contributed by atoms with Crippen molar-refractivity contribution < 1.29 is 9.53 Å². The van der Waals surface area contributed by atoms with E-state index in [4.69, 9.17) is 4.74 Å². The molecule has 1 aromatic carbocycles. The molecule has 0 aliphatic carbocycles. The van der Waals surface area contributed by atoms with E-state index in [0.29, 0.717) is 6.54 Å². The Labute approximate surface area is 96.9 Å². The predicted molar refractivity (Wildman–Crippen MR) is 60.6 cm³/mol. The molecular weight excluding hydrogens is 258 g/mol. The first-order valence-corrected chi connectivity index (χ1v) is 5.60. The Morgan fingerprint density at radius 3 is 2.87 bits per heavy atom. The number of rotatable bonds is 1. The van der Waals surface area contributed by atoms with Crippen molar-refractivity contribution in [2.45, 2.75) is 13.0 Å². The normalized spacial score (nSPS) is 21.2. The average molecular weight is 270 g/mol. The maximum atomic E-state index is 10.9. The van der Waals surface area contributed by atoms with Crippen LogP contribution in [0.4, 0.5) is 0 Å². The van der Waals surface area contributed by atoms with Crippen LogP contribution in [0.5, 0.6) is 0 Å². The summed E-state index contributed by atoms with van der Waals surface area (Å²) in [6.07, 6.45) is -0.0288. The fourth-order valence-electron chi connectivity index (χ4n) is 1.66. The second-order valence-corrected chi connectivity index (χ2v) is 4.58. The Balaban J connectivity index is 2.18. The zero-order chi connectivity index (χ0) is 10.8. The standard InChI is InChI=1S/C11H12BrNO2/c1-7-2-8(4-9(12)3-7)10-5-13-11(14)6-15-10/h2-4,10H,5-6H2,1H3,(H,13,14)/t10-/m0/s1. The molecule has 0 spiro atoms. The van der Waals surface area contributed by atoms with Crippen LogP contribution < -0.4 is 5.32 Å². The number of hydrogen-bond donors (Lipinski definition) is 1. The lowest BCUT2D eigenvalue weighted by Gasteiger charge is -2.23. The van der Waals surface area contributed by atoms with Crippen LogP contribution in [0.3, 0.4) is 0 Å². The van der Waals surface area contributed by atoms with Gasteiger partial charge in [0.15, 0.2) is 0 Å². The molecule has 80 valence electrons. The third kappa shape index (κ3) is 2.58. The van der Waals surface area contributed by atoms with Crippen LogP contribution in [0.2, 0.25) is 0 Å². The van der Waals surface area contributed by atoms with Crippen LogP contribution in [0.1, 0.15) is 17.2 Å². The number of ether oxygens (including phenoxy) is 1. The van der Waals surface area contributed by atoms with E-state index >= 15 is 0 Å². The Kier molecular flexibility index (Phi) is 3.07. The van der Waals surface area contributed by atoms with Crippen LogP contribution in [-0.2, 0) is 9.53 Å². The van der Waals surface area contributed by atoms with Crippen molar-refractivity contribution in [2.75, 3.05) is 13.2 Å². The molecule has 1 saturated heterocycles. The third-order valence-corrected chi connectivity index (χ3v) is 2.79. The highest BCUT2D eigenvalue weighted by molar-refractivity contribution is 9.10. The van der Waals surface area contributed by atoms with E-state index in [1.54, 1.807) is 0 Å². The van der Waals surface area contributed by atoms with Crippen LogP contribution in [0.15, 0.2) is 22.7 Å². The molecule has 1 aliphatic rings. The number of morpholine rings is 1. The zero-order valence-electron chi connectivity index (χ0n) is 8.42. The molecule has 3 nitrogen and oxygen atoms in total. The molecule has 0 bridgehead atoms. The van der Waals surface area contributed by atoms with Gasteiger partial charge in [-0.3, -0.25) is 4.79 Å². The van der Waals surface area contributed by atoms with Crippen LogP contribution in [0, 0.1) is 6.92 Å². The molecule has 0 aromatic heterocycles. The second kappa shape index (κ2) is 4.33. The lowest BCUT2D eigenvalue weighted by molar-refractivity contribution is -0.133. The van der Waals surface area contributed by atoms with Gasteiger partial charge in [-0.2, -0.15) is 0 Å². The van der Waals surface area contributed by atoms with Gasteiger partial charge in [-0.25, -0.2) is 0 Å². The van der Waals surface area contributed by atoms with Crippen LogP contribution in [-0.4, -0.2) is 19.1 Å². The highest BCUT2D eigenvalue weighted by Gasteiger charge is 2.20. The van der Waals surface area contributed by atoms with Gasteiger partial charge in [-0.1, -0.05) is 22.0 Å². The van der Waals surface area contributed by atoms with Crippen molar-refractivity contribution in [1.29, 1.82) is 0 Å². The maximum absolute atomic E-state index is 10.9. The average Bonchev–Trinajstić information content (AvgIpc) is 2.17. The molecule has 2 rings (SSSR count). The van der Waals surface area contributed by atoms with Gasteiger partial charge in [0.25, 0.3) is 0 Å². The minimum atomic E-state index is -0.0435. The molecule has 0 saturated carbocycles. The largest absolute Gasteiger partial charge is 0.362 e. The third-order valence-electron chi connectivity index (χ3n) is 2.34. The SMILES string of the molecule is Cc1cc(Br)cc([C@@H]2CNC(=O)CO2)c1. The van der Waals surface area contributed by atoms with Gasteiger partial charge in [0, 0.05) is 11.0 Å². The minimum Gasteiger partial charge on any atom is -0.362 e. The van der Waals surface area contributed by atoms with Gasteiger partial charge in [-0.15, -0.1) is 0 Å². The molecule has 4 heteroatoms. The first-order chi connectivity index (χ1) is 7.15. The molecule has 0 unspecified atom stereocenters. The summed E-state index contributed by atoms with van der Waals surface area (Å²) in [6, 6.07) is 6.15. The van der Waals surface area contributed by atoms with Crippen LogP contribution in [0.25, 0.3) is 0 Å². The lowest BCUT2D eigenvalue weighted by Crippen LogP contribution is -2.38. The number of benzene rings is 1. The number of carbonyl (C=O) groups excluding carboxylic acids is 1. The molecular formula is C11H12BrNO2. The Hall–Kier alpha value is -0.870.